The lowest BCUT2D eigenvalue weighted by molar-refractivity contribution is -0.135. The zero-order valence-electron chi connectivity index (χ0n) is 19.5. The Morgan fingerprint density at radius 3 is 2.33 bits per heavy atom. The first-order valence-electron chi connectivity index (χ1n) is 11.1. The van der Waals surface area contributed by atoms with Gasteiger partial charge in [-0.2, -0.15) is 0 Å². The van der Waals surface area contributed by atoms with Crippen molar-refractivity contribution in [2.45, 2.75) is 39.7 Å². The molecule has 3 aromatic rings. The number of hydrogen-bond acceptors (Lipinski definition) is 4. The van der Waals surface area contributed by atoms with E-state index in [2.05, 4.69) is 0 Å². The average molecular weight is 444 g/mol. The molecule has 0 spiro atoms. The summed E-state index contributed by atoms with van der Waals surface area (Å²) < 4.78 is 5.80. The first-order chi connectivity index (χ1) is 15.7. The minimum absolute atomic E-state index is 0.251. The van der Waals surface area contributed by atoms with Crippen LogP contribution in [0.3, 0.4) is 0 Å². The normalized spacial score (nSPS) is 17.2. The Hall–Kier alpha value is -3.44. The number of carbonyl (C=O) groups excluding carboxylic acids is 2. The third-order valence-electron chi connectivity index (χ3n) is 6.40. The largest absolute Gasteiger partial charge is 0.492 e. The topological polar surface area (TPSA) is 66.8 Å². The van der Waals surface area contributed by atoms with Crippen molar-refractivity contribution >= 4 is 17.4 Å². The molecule has 0 saturated carbocycles. The van der Waals surface area contributed by atoms with Crippen molar-refractivity contribution in [2.24, 2.45) is 0 Å². The first-order valence-corrected chi connectivity index (χ1v) is 11.1. The fraction of sp³-hybridized carbons (Fsp3) is 0.286. The van der Waals surface area contributed by atoms with Crippen molar-refractivity contribution in [3.8, 4) is 5.75 Å². The molecule has 1 atom stereocenters. The summed E-state index contributed by atoms with van der Waals surface area (Å²) in [5, 5.41) is 11.5. The van der Waals surface area contributed by atoms with Crippen LogP contribution >= 0.6 is 0 Å². The zero-order chi connectivity index (χ0) is 23.8. The Balaban J connectivity index is 1.56. The molecule has 1 aliphatic heterocycles. The first kappa shape index (κ1) is 22.7. The van der Waals surface area contributed by atoms with Crippen LogP contribution in [0, 0.1) is 27.7 Å². The number of hydrogen-bond donors (Lipinski definition) is 1. The zero-order valence-corrected chi connectivity index (χ0v) is 19.5. The van der Waals surface area contributed by atoms with Crippen molar-refractivity contribution < 1.29 is 19.4 Å². The van der Waals surface area contributed by atoms with E-state index in [9.17, 15) is 14.7 Å². The molecule has 4 rings (SSSR count). The van der Waals surface area contributed by atoms with Gasteiger partial charge >= 0.3 is 0 Å². The summed E-state index contributed by atoms with van der Waals surface area (Å²) in [5.74, 6) is -0.0266. The number of nitrogens with zero attached hydrogens (tertiary/aromatic N) is 1. The molecule has 170 valence electrons. The van der Waals surface area contributed by atoms with Crippen LogP contribution in [0.15, 0.2) is 60.7 Å². The number of benzene rings is 3. The van der Waals surface area contributed by atoms with Crippen LogP contribution in [0.25, 0.3) is 0 Å². The van der Waals surface area contributed by atoms with E-state index in [4.69, 9.17) is 4.74 Å². The van der Waals surface area contributed by atoms with Crippen molar-refractivity contribution in [1.82, 2.24) is 0 Å². The van der Waals surface area contributed by atoms with Gasteiger partial charge in [-0.3, -0.25) is 9.59 Å². The number of carbonyl (C=O) groups is 2. The molecule has 0 aromatic heterocycles. The standard InChI is InChI=1S/C28H29NO4/c1-18-9-11-22(12-10-18)33-14-13-29-25-8-6-5-7-24(25)28(32,27(29)31)17-26(30)23-16-20(3)19(2)15-21(23)4/h5-12,15-16,32H,13-14,17H2,1-4H3. The number of aryl methyl sites for hydroxylation is 4. The quantitative estimate of drug-likeness (QED) is 0.533. The van der Waals surface area contributed by atoms with Gasteiger partial charge in [0.2, 0.25) is 0 Å². The van der Waals surface area contributed by atoms with E-state index in [1.54, 1.807) is 18.2 Å². The maximum Gasteiger partial charge on any atom is 0.264 e. The van der Waals surface area contributed by atoms with Crippen LogP contribution < -0.4 is 9.64 Å². The number of anilines is 1. The Bertz CT molecular complexity index is 1220. The van der Waals surface area contributed by atoms with Gasteiger partial charge in [-0.15, -0.1) is 0 Å². The number of fused-ring (bicyclic) bond motifs is 1. The summed E-state index contributed by atoms with van der Waals surface area (Å²) >= 11 is 0. The molecule has 33 heavy (non-hydrogen) atoms. The molecule has 1 unspecified atom stereocenters. The van der Waals surface area contributed by atoms with Crippen LogP contribution in [0.5, 0.6) is 5.75 Å². The van der Waals surface area contributed by atoms with Crippen LogP contribution in [-0.4, -0.2) is 29.9 Å². The molecule has 0 saturated heterocycles. The van der Waals surface area contributed by atoms with E-state index in [-0.39, 0.29) is 25.4 Å². The van der Waals surface area contributed by atoms with Crippen LogP contribution in [-0.2, 0) is 10.4 Å². The Labute approximate surface area is 194 Å². The minimum atomic E-state index is -1.90. The Morgan fingerprint density at radius 2 is 1.61 bits per heavy atom. The maximum atomic E-state index is 13.4. The molecule has 3 aromatic carbocycles. The predicted molar refractivity (Wildman–Crippen MR) is 129 cm³/mol. The fourth-order valence-electron chi connectivity index (χ4n) is 4.38. The summed E-state index contributed by atoms with van der Waals surface area (Å²) in [5.41, 5.74) is 3.80. The van der Waals surface area contributed by atoms with Gasteiger partial charge in [0, 0.05) is 11.1 Å². The van der Waals surface area contributed by atoms with Gasteiger partial charge < -0.3 is 14.7 Å². The molecule has 5 nitrogen and oxygen atoms in total. The Kier molecular flexibility index (Phi) is 6.09. The molecule has 5 heteroatoms. The van der Waals surface area contributed by atoms with E-state index in [1.165, 1.54) is 4.90 Å². The summed E-state index contributed by atoms with van der Waals surface area (Å²) in [6.45, 7) is 8.36. The number of rotatable bonds is 7. The van der Waals surface area contributed by atoms with Gasteiger partial charge in [0.05, 0.1) is 18.7 Å². The third-order valence-corrected chi connectivity index (χ3v) is 6.40. The highest BCUT2D eigenvalue weighted by molar-refractivity contribution is 6.11. The second-order valence-electron chi connectivity index (χ2n) is 8.85. The van der Waals surface area contributed by atoms with E-state index in [1.807, 2.05) is 70.2 Å². The summed E-state index contributed by atoms with van der Waals surface area (Å²) in [4.78, 5) is 28.2. The van der Waals surface area contributed by atoms with Crippen molar-refractivity contribution in [3.63, 3.8) is 0 Å². The van der Waals surface area contributed by atoms with Gasteiger partial charge in [-0.1, -0.05) is 42.0 Å². The molecule has 1 heterocycles. The van der Waals surface area contributed by atoms with Crippen molar-refractivity contribution in [3.05, 3.63) is 94.0 Å². The third kappa shape index (κ3) is 4.29. The lowest BCUT2D eigenvalue weighted by atomic mass is 9.86. The van der Waals surface area contributed by atoms with E-state index in [0.717, 1.165) is 28.0 Å². The lowest BCUT2D eigenvalue weighted by Crippen LogP contribution is -2.43. The summed E-state index contributed by atoms with van der Waals surface area (Å²) in [6.07, 6.45) is -0.304. The number of ether oxygens (including phenoxy) is 1. The highest BCUT2D eigenvalue weighted by atomic mass is 16.5. The van der Waals surface area contributed by atoms with Gasteiger partial charge in [0.1, 0.15) is 12.4 Å². The van der Waals surface area contributed by atoms with Gasteiger partial charge in [-0.25, -0.2) is 0 Å². The molecular weight excluding hydrogens is 414 g/mol. The van der Waals surface area contributed by atoms with E-state index in [0.29, 0.717) is 16.8 Å². The van der Waals surface area contributed by atoms with Crippen LogP contribution in [0.2, 0.25) is 0 Å². The van der Waals surface area contributed by atoms with Gasteiger partial charge in [-0.05, 0) is 68.7 Å². The molecule has 0 radical (unpaired) electrons. The summed E-state index contributed by atoms with van der Waals surface area (Å²) in [7, 11) is 0. The molecule has 0 bridgehead atoms. The smallest absolute Gasteiger partial charge is 0.264 e. The molecule has 0 fully saturated rings. The second-order valence-corrected chi connectivity index (χ2v) is 8.85. The lowest BCUT2D eigenvalue weighted by Gasteiger charge is -2.23. The van der Waals surface area contributed by atoms with E-state index < -0.39 is 11.5 Å². The minimum Gasteiger partial charge on any atom is -0.492 e. The van der Waals surface area contributed by atoms with Crippen LogP contribution in [0.1, 0.15) is 44.6 Å². The fourth-order valence-corrected chi connectivity index (χ4v) is 4.38. The monoisotopic (exact) mass is 443 g/mol. The molecule has 0 aliphatic carbocycles. The average Bonchev–Trinajstić information content (AvgIpc) is 2.99. The highest BCUT2D eigenvalue weighted by Crippen LogP contribution is 2.43. The number of Topliss-reactive ketones (excluding diaryl/α,β-unsaturated/α-hetero) is 1. The van der Waals surface area contributed by atoms with E-state index >= 15 is 0 Å². The number of para-hydroxylation sites is 1. The predicted octanol–water partition coefficient (Wildman–Crippen LogP) is 4.81. The van der Waals surface area contributed by atoms with Crippen molar-refractivity contribution in [1.29, 1.82) is 0 Å². The molecule has 1 amide bonds. The van der Waals surface area contributed by atoms with Crippen molar-refractivity contribution in [2.75, 3.05) is 18.1 Å². The number of ketones is 1. The SMILES string of the molecule is Cc1ccc(OCCN2C(=O)C(O)(CC(=O)c3cc(C)c(C)cc3C)c3ccccc32)cc1. The molecule has 1 N–H and O–H groups in total. The maximum absolute atomic E-state index is 13.4. The van der Waals surface area contributed by atoms with Gasteiger partial charge in [0.15, 0.2) is 11.4 Å². The Morgan fingerprint density at radius 1 is 0.939 bits per heavy atom. The van der Waals surface area contributed by atoms with Gasteiger partial charge in [0.25, 0.3) is 5.91 Å². The second kappa shape index (κ2) is 8.83. The highest BCUT2D eigenvalue weighted by Gasteiger charge is 2.50. The van der Waals surface area contributed by atoms with Crippen LogP contribution in [0.4, 0.5) is 5.69 Å². The number of aliphatic hydroxyl groups is 1. The number of amides is 1. The molecule has 1 aliphatic rings. The summed E-state index contributed by atoms with van der Waals surface area (Å²) in [6, 6.07) is 18.6. The molecular formula is C28H29NO4.